The largest absolute Gasteiger partial charge is 0.496 e. The van der Waals surface area contributed by atoms with Gasteiger partial charge in [0.15, 0.2) is 0 Å². The van der Waals surface area contributed by atoms with Gasteiger partial charge in [0.2, 0.25) is 0 Å². The number of methoxy groups -OCH3 is 1. The SMILES string of the molecule is COc1ccccc1C(C)Nc1cc(-c2ccc3c(c2)ncn3C)nc(C)n1. The van der Waals surface area contributed by atoms with Gasteiger partial charge in [-0.3, -0.25) is 0 Å². The van der Waals surface area contributed by atoms with E-state index in [9.17, 15) is 0 Å². The zero-order chi connectivity index (χ0) is 19.7. The lowest BCUT2D eigenvalue weighted by molar-refractivity contribution is 0.408. The summed E-state index contributed by atoms with van der Waals surface area (Å²) in [4.78, 5) is 13.6. The molecule has 28 heavy (non-hydrogen) atoms. The van der Waals surface area contributed by atoms with Crippen molar-refractivity contribution < 1.29 is 4.74 Å². The highest BCUT2D eigenvalue weighted by molar-refractivity contribution is 5.81. The molecule has 1 atom stereocenters. The van der Waals surface area contributed by atoms with Crippen LogP contribution >= 0.6 is 0 Å². The third kappa shape index (κ3) is 3.41. The molecular weight excluding hydrogens is 350 g/mol. The van der Waals surface area contributed by atoms with Gasteiger partial charge in [0.05, 0.1) is 36.2 Å². The molecule has 0 fully saturated rings. The summed E-state index contributed by atoms with van der Waals surface area (Å²) >= 11 is 0. The van der Waals surface area contributed by atoms with E-state index in [2.05, 4.69) is 51.5 Å². The Morgan fingerprint density at radius 2 is 1.89 bits per heavy atom. The number of aryl methyl sites for hydroxylation is 2. The number of hydrogen-bond acceptors (Lipinski definition) is 5. The third-order valence-electron chi connectivity index (χ3n) is 4.83. The molecule has 1 unspecified atom stereocenters. The number of para-hydroxylation sites is 1. The van der Waals surface area contributed by atoms with Gasteiger partial charge in [-0.1, -0.05) is 24.3 Å². The van der Waals surface area contributed by atoms with Crippen molar-refractivity contribution in [3.8, 4) is 17.0 Å². The first-order valence-corrected chi connectivity index (χ1v) is 9.22. The van der Waals surface area contributed by atoms with Gasteiger partial charge >= 0.3 is 0 Å². The zero-order valence-electron chi connectivity index (χ0n) is 16.5. The zero-order valence-corrected chi connectivity index (χ0v) is 16.5. The standard InChI is InChI=1S/C22H23N5O/c1-14(17-7-5-6-8-21(17)28-4)24-22-12-18(25-15(2)26-22)16-9-10-20-19(11-16)23-13-27(20)3/h5-14H,1-4H3,(H,24,25,26). The molecule has 6 heteroatoms. The molecule has 1 N–H and O–H groups in total. The lowest BCUT2D eigenvalue weighted by Crippen LogP contribution is -2.10. The smallest absolute Gasteiger partial charge is 0.130 e. The first-order chi connectivity index (χ1) is 13.5. The monoisotopic (exact) mass is 373 g/mol. The fourth-order valence-corrected chi connectivity index (χ4v) is 3.41. The first-order valence-electron chi connectivity index (χ1n) is 9.22. The Balaban J connectivity index is 1.66. The summed E-state index contributed by atoms with van der Waals surface area (Å²) in [5.74, 6) is 2.35. The van der Waals surface area contributed by atoms with Crippen molar-refractivity contribution in [3.63, 3.8) is 0 Å². The molecule has 0 radical (unpaired) electrons. The number of hydrogen-bond donors (Lipinski definition) is 1. The van der Waals surface area contributed by atoms with Crippen LogP contribution in [-0.2, 0) is 7.05 Å². The fraction of sp³-hybridized carbons (Fsp3) is 0.227. The number of imidazole rings is 1. The molecule has 0 bridgehead atoms. The Hall–Kier alpha value is -3.41. The maximum absolute atomic E-state index is 5.48. The summed E-state index contributed by atoms with van der Waals surface area (Å²) < 4.78 is 7.49. The van der Waals surface area contributed by atoms with Crippen LogP contribution in [0.4, 0.5) is 5.82 Å². The summed E-state index contributed by atoms with van der Waals surface area (Å²) in [5.41, 5.74) is 5.02. The molecule has 4 rings (SSSR count). The van der Waals surface area contributed by atoms with E-state index in [4.69, 9.17) is 4.74 Å². The van der Waals surface area contributed by atoms with Crippen LogP contribution in [0.5, 0.6) is 5.75 Å². The predicted molar refractivity (Wildman–Crippen MR) is 112 cm³/mol. The van der Waals surface area contributed by atoms with E-state index < -0.39 is 0 Å². The van der Waals surface area contributed by atoms with E-state index in [-0.39, 0.29) is 6.04 Å². The Kier molecular flexibility index (Phi) is 4.69. The maximum atomic E-state index is 5.48. The second kappa shape index (κ2) is 7.31. The molecule has 0 saturated heterocycles. The van der Waals surface area contributed by atoms with Gasteiger partial charge in [0, 0.05) is 24.2 Å². The molecule has 0 aliphatic heterocycles. The van der Waals surface area contributed by atoms with Crippen molar-refractivity contribution in [2.45, 2.75) is 19.9 Å². The van der Waals surface area contributed by atoms with Crippen LogP contribution in [0, 0.1) is 6.92 Å². The highest BCUT2D eigenvalue weighted by Crippen LogP contribution is 2.29. The number of benzene rings is 2. The molecule has 142 valence electrons. The average molecular weight is 373 g/mol. The van der Waals surface area contributed by atoms with Crippen molar-refractivity contribution in [1.82, 2.24) is 19.5 Å². The van der Waals surface area contributed by atoms with E-state index in [1.165, 1.54) is 0 Å². The summed E-state index contributed by atoms with van der Waals surface area (Å²) in [7, 11) is 3.68. The van der Waals surface area contributed by atoms with Crippen LogP contribution < -0.4 is 10.1 Å². The highest BCUT2D eigenvalue weighted by atomic mass is 16.5. The normalized spacial score (nSPS) is 12.1. The van der Waals surface area contributed by atoms with Gasteiger partial charge in [0.25, 0.3) is 0 Å². The lowest BCUT2D eigenvalue weighted by Gasteiger charge is -2.18. The van der Waals surface area contributed by atoms with E-state index >= 15 is 0 Å². The molecule has 2 aromatic carbocycles. The summed E-state index contributed by atoms with van der Waals surface area (Å²) in [6.45, 7) is 4.00. The Morgan fingerprint density at radius 3 is 2.71 bits per heavy atom. The number of nitrogens with one attached hydrogen (secondary N) is 1. The van der Waals surface area contributed by atoms with Crippen LogP contribution in [0.1, 0.15) is 24.4 Å². The van der Waals surface area contributed by atoms with E-state index in [0.717, 1.165) is 39.4 Å². The van der Waals surface area contributed by atoms with Crippen molar-refractivity contribution in [1.29, 1.82) is 0 Å². The van der Waals surface area contributed by atoms with E-state index in [1.807, 2.05) is 49.1 Å². The Labute approximate surface area is 164 Å². The minimum Gasteiger partial charge on any atom is -0.496 e. The molecule has 0 saturated carbocycles. The fourth-order valence-electron chi connectivity index (χ4n) is 3.41. The molecule has 4 aromatic rings. The first kappa shape index (κ1) is 18.0. The molecular formula is C22H23N5O. The molecule has 0 aliphatic carbocycles. The van der Waals surface area contributed by atoms with Gasteiger partial charge in [-0.15, -0.1) is 0 Å². The van der Waals surface area contributed by atoms with Gasteiger partial charge in [-0.05, 0) is 32.0 Å². The van der Waals surface area contributed by atoms with Crippen LogP contribution in [0.2, 0.25) is 0 Å². The molecule has 2 heterocycles. The van der Waals surface area contributed by atoms with Crippen molar-refractivity contribution in [2.24, 2.45) is 7.05 Å². The highest BCUT2D eigenvalue weighted by Gasteiger charge is 2.13. The van der Waals surface area contributed by atoms with Gasteiger partial charge in [-0.2, -0.15) is 0 Å². The van der Waals surface area contributed by atoms with Crippen LogP contribution in [-0.4, -0.2) is 26.6 Å². The Morgan fingerprint density at radius 1 is 1.07 bits per heavy atom. The van der Waals surface area contributed by atoms with Crippen LogP contribution in [0.25, 0.3) is 22.3 Å². The maximum Gasteiger partial charge on any atom is 0.130 e. The number of nitrogens with zero attached hydrogens (tertiary/aromatic N) is 4. The molecule has 0 amide bonds. The van der Waals surface area contributed by atoms with Crippen molar-refractivity contribution >= 4 is 16.9 Å². The van der Waals surface area contributed by atoms with Gasteiger partial charge < -0.3 is 14.6 Å². The number of aromatic nitrogens is 4. The van der Waals surface area contributed by atoms with E-state index in [0.29, 0.717) is 5.82 Å². The summed E-state index contributed by atoms with van der Waals surface area (Å²) in [6, 6.07) is 16.2. The molecule has 6 nitrogen and oxygen atoms in total. The van der Waals surface area contributed by atoms with Crippen molar-refractivity contribution in [3.05, 3.63) is 66.2 Å². The molecule has 0 aliphatic rings. The molecule has 2 aromatic heterocycles. The summed E-state index contributed by atoms with van der Waals surface area (Å²) in [5, 5.41) is 3.47. The van der Waals surface area contributed by atoms with Gasteiger partial charge in [0.1, 0.15) is 17.4 Å². The lowest BCUT2D eigenvalue weighted by atomic mass is 10.1. The predicted octanol–water partition coefficient (Wildman–Crippen LogP) is 4.52. The van der Waals surface area contributed by atoms with Crippen LogP contribution in [0.3, 0.4) is 0 Å². The van der Waals surface area contributed by atoms with E-state index in [1.54, 1.807) is 7.11 Å². The minimum atomic E-state index is 0.0385. The third-order valence-corrected chi connectivity index (χ3v) is 4.83. The average Bonchev–Trinajstić information content (AvgIpc) is 3.07. The van der Waals surface area contributed by atoms with Gasteiger partial charge in [-0.25, -0.2) is 15.0 Å². The van der Waals surface area contributed by atoms with Crippen LogP contribution in [0.15, 0.2) is 54.9 Å². The summed E-state index contributed by atoms with van der Waals surface area (Å²) in [6.07, 6.45) is 1.82. The number of ether oxygens (including phenoxy) is 1. The topological polar surface area (TPSA) is 64.9 Å². The second-order valence-electron chi connectivity index (χ2n) is 6.85. The minimum absolute atomic E-state index is 0.0385. The number of fused-ring (bicyclic) bond motifs is 1. The number of rotatable bonds is 5. The number of anilines is 1. The second-order valence-corrected chi connectivity index (χ2v) is 6.85. The van der Waals surface area contributed by atoms with Crippen molar-refractivity contribution in [2.75, 3.05) is 12.4 Å². The Bertz CT molecular complexity index is 1130. The molecule has 0 spiro atoms. The quantitative estimate of drug-likeness (QED) is 0.557.